The Morgan fingerprint density at radius 2 is 0.750 bits per heavy atom. The summed E-state index contributed by atoms with van der Waals surface area (Å²) in [6.45, 7) is 3.87. The molecule has 0 fully saturated rings. The van der Waals surface area contributed by atoms with Crippen LogP contribution in [0.5, 0.6) is 34.5 Å². The lowest BCUT2D eigenvalue weighted by molar-refractivity contribution is -0.114. The van der Waals surface area contributed by atoms with Gasteiger partial charge in [0.15, 0.2) is 23.0 Å². The van der Waals surface area contributed by atoms with Crippen molar-refractivity contribution < 1.29 is 76.0 Å². The SMILES string of the molecule is COCCOCCOCCOc1cc(OCCOCCOCCOC)c(C(=O)Nc2ccc(NC(=O)CSC3=CS/C(=C4/SC=C(SC)S4)S3)c3c2OCCO3)cc1C(=O)Nc1ccc(NC(=O)CSC2=CS/C(=C3\SC=C(SC)S3)S2)c2c1OCCO2. The molecule has 0 unspecified atom stereocenters. The van der Waals surface area contributed by atoms with Gasteiger partial charge < -0.3 is 78.1 Å². The van der Waals surface area contributed by atoms with Crippen molar-refractivity contribution in [2.45, 2.75) is 0 Å². The molecule has 20 nitrogen and oxygen atoms in total. The van der Waals surface area contributed by atoms with Crippen molar-refractivity contribution in [2.24, 2.45) is 0 Å². The number of fused-ring (bicyclic) bond motifs is 2. The summed E-state index contributed by atoms with van der Waals surface area (Å²) >= 11 is 19.9. The summed E-state index contributed by atoms with van der Waals surface area (Å²) in [4.78, 5) is 56.7. The number of hydrogen-bond donors (Lipinski definition) is 4. The highest BCUT2D eigenvalue weighted by Gasteiger charge is 2.30. The highest BCUT2D eigenvalue weighted by atomic mass is 32.3. The number of amides is 4. The van der Waals surface area contributed by atoms with Gasteiger partial charge in [0.25, 0.3) is 11.8 Å². The van der Waals surface area contributed by atoms with E-state index in [9.17, 15) is 19.2 Å². The van der Waals surface area contributed by atoms with Crippen LogP contribution in [0.1, 0.15) is 20.7 Å². The number of carbonyl (C=O) groups excluding carboxylic acids is 4. The van der Waals surface area contributed by atoms with E-state index >= 15 is 0 Å². The normalized spacial score (nSPS) is 17.5. The van der Waals surface area contributed by atoms with Gasteiger partial charge in [-0.15, -0.1) is 47.0 Å². The smallest absolute Gasteiger partial charge is 0.259 e. The lowest BCUT2D eigenvalue weighted by Crippen LogP contribution is -2.23. The Hall–Kier alpha value is -3.26. The largest absolute Gasteiger partial charge is 0.490 e. The number of hydrogen-bond acceptors (Lipinski definition) is 28. The second kappa shape index (κ2) is 36.8. The molecule has 9 rings (SSSR count). The van der Waals surface area contributed by atoms with Gasteiger partial charge in [-0.1, -0.05) is 94.1 Å². The van der Waals surface area contributed by atoms with Gasteiger partial charge in [0.1, 0.15) is 51.1 Å². The molecule has 6 aliphatic rings. The zero-order valence-electron chi connectivity index (χ0n) is 47.9. The first-order chi connectivity index (χ1) is 43.1. The molecule has 0 saturated carbocycles. The summed E-state index contributed by atoms with van der Waals surface area (Å²) in [5.74, 6) is -0.592. The highest BCUT2D eigenvalue weighted by molar-refractivity contribution is 8.41. The maximum Gasteiger partial charge on any atom is 0.259 e. The number of benzene rings is 3. The van der Waals surface area contributed by atoms with Crippen molar-refractivity contribution in [1.29, 1.82) is 0 Å². The van der Waals surface area contributed by atoms with Gasteiger partial charge >= 0.3 is 0 Å². The molecule has 88 heavy (non-hydrogen) atoms. The van der Waals surface area contributed by atoms with E-state index in [4.69, 9.17) is 56.8 Å². The molecule has 0 aliphatic carbocycles. The first kappa shape index (κ1) is 69.1. The summed E-state index contributed by atoms with van der Waals surface area (Å²) in [6, 6.07) is 9.31. The molecule has 6 aliphatic heterocycles. The van der Waals surface area contributed by atoms with Crippen LogP contribution in [-0.4, -0.2) is 168 Å². The van der Waals surface area contributed by atoms with Crippen molar-refractivity contribution in [1.82, 2.24) is 0 Å². The summed E-state index contributed by atoms with van der Waals surface area (Å²) in [5.41, 5.74) is 1.08. The van der Waals surface area contributed by atoms with E-state index in [1.165, 1.54) is 61.1 Å². The molecule has 6 heterocycles. The monoisotopic (exact) mass is 1430 g/mol. The van der Waals surface area contributed by atoms with Crippen LogP contribution in [0, 0.1) is 0 Å². The van der Waals surface area contributed by atoms with Crippen LogP contribution < -0.4 is 49.7 Å². The molecule has 474 valence electrons. The fraction of sp³-hybridized carbons (Fsp3) is 0.393. The minimum absolute atomic E-state index is 0.00739. The van der Waals surface area contributed by atoms with E-state index in [1.807, 2.05) is 0 Å². The number of thioether (sulfide) groups is 12. The van der Waals surface area contributed by atoms with Crippen molar-refractivity contribution >= 4 is 188 Å². The van der Waals surface area contributed by atoms with E-state index in [-0.39, 0.29) is 146 Å². The minimum Gasteiger partial charge on any atom is -0.490 e. The second-order valence-electron chi connectivity index (χ2n) is 17.8. The zero-order valence-corrected chi connectivity index (χ0v) is 57.7. The van der Waals surface area contributed by atoms with Crippen LogP contribution in [0.2, 0.25) is 0 Å². The number of ether oxygens (including phenoxy) is 12. The van der Waals surface area contributed by atoms with Crippen LogP contribution >= 0.6 is 141 Å². The van der Waals surface area contributed by atoms with Gasteiger partial charge in [-0.3, -0.25) is 19.2 Å². The second-order valence-corrected chi connectivity index (χ2v) is 31.3. The lowest BCUT2D eigenvalue weighted by Gasteiger charge is -2.24. The molecule has 0 spiro atoms. The van der Waals surface area contributed by atoms with Gasteiger partial charge in [0, 0.05) is 20.3 Å². The number of anilines is 4. The molecule has 3 aromatic rings. The Bertz CT molecular complexity index is 3000. The molecular weight excluding hydrogens is 1370 g/mol. The number of carbonyl (C=O) groups is 4. The molecule has 0 saturated heterocycles. The Kier molecular flexibility index (Phi) is 28.9. The Morgan fingerprint density at radius 3 is 1.09 bits per heavy atom. The average Bonchev–Trinajstić information content (AvgIpc) is 2.11. The fourth-order valence-corrected chi connectivity index (χ4v) is 21.7. The third-order valence-corrected chi connectivity index (χ3v) is 27.5. The predicted molar refractivity (Wildman–Crippen MR) is 372 cm³/mol. The lowest BCUT2D eigenvalue weighted by atomic mass is 10.1. The van der Waals surface area contributed by atoms with Gasteiger partial charge in [-0.05, 0) is 64.5 Å². The van der Waals surface area contributed by atoms with Crippen LogP contribution in [0.3, 0.4) is 0 Å². The maximum atomic E-state index is 14.9. The molecule has 0 bridgehead atoms. The van der Waals surface area contributed by atoms with E-state index < -0.39 is 11.8 Å². The summed E-state index contributed by atoms with van der Waals surface area (Å²) in [7, 11) is 3.19. The molecule has 0 aromatic heterocycles. The topological polar surface area (TPSA) is 227 Å². The van der Waals surface area contributed by atoms with Crippen LogP contribution in [0.4, 0.5) is 22.7 Å². The first-order valence-electron chi connectivity index (χ1n) is 26.9. The standard InChI is InChI=1S/C56H62N4O16S12/c1-65-9-11-67-13-15-69-17-19-71-39-26-40(72-20-18-70-16-14-68-12-10-66-2)34(52(64)60-38-8-6-36(48-50(38)76-24-22-74-48)58-42(62)28-80-46-32-84-56(88-46)54-82-30-44(78-4)86-54)25-33(39)51(63)59-37-7-5-35(47-49(37)75-23-21-73-47)57-41(61)27-79-45-31-83-55(87-45)53-81-29-43(77-3)85-53/h5-8,25-26,29-32H,9-24,27-28H2,1-4H3,(H,57,61)(H,58,62)(H,59,63)(H,60,64)/b55-53-,56-54+. The van der Waals surface area contributed by atoms with Crippen molar-refractivity contribution in [3.8, 4) is 34.5 Å². The van der Waals surface area contributed by atoms with E-state index in [1.54, 1.807) is 156 Å². The number of rotatable bonds is 34. The molecule has 0 radical (unpaired) electrons. The van der Waals surface area contributed by atoms with Crippen molar-refractivity contribution in [2.75, 3.05) is 165 Å². The molecule has 32 heteroatoms. The summed E-state index contributed by atoms with van der Waals surface area (Å²) in [5, 5.41) is 20.3. The van der Waals surface area contributed by atoms with Crippen LogP contribution in [0.15, 0.2) is 91.9 Å². The van der Waals surface area contributed by atoms with Gasteiger partial charge in [-0.2, -0.15) is 0 Å². The molecule has 3 aromatic carbocycles. The molecule has 0 atom stereocenters. The third-order valence-electron chi connectivity index (χ3n) is 11.8. The molecular formula is C56H62N4O16S12. The molecule has 4 N–H and O–H groups in total. The van der Waals surface area contributed by atoms with Crippen LogP contribution in [0.25, 0.3) is 0 Å². The maximum absolute atomic E-state index is 14.9. The zero-order chi connectivity index (χ0) is 61.5. The predicted octanol–water partition coefficient (Wildman–Crippen LogP) is 13.3. The number of nitrogens with one attached hydrogen (secondary N) is 4. The quantitative estimate of drug-likeness (QED) is 0.0408. The average molecular weight is 1430 g/mol. The Morgan fingerprint density at radius 1 is 0.432 bits per heavy atom. The van der Waals surface area contributed by atoms with E-state index in [2.05, 4.69) is 55.4 Å². The van der Waals surface area contributed by atoms with Crippen molar-refractivity contribution in [3.05, 3.63) is 103 Å². The Balaban J connectivity index is 0.923. The summed E-state index contributed by atoms with van der Waals surface area (Å²) < 4.78 is 79.1. The Labute approximate surface area is 561 Å². The van der Waals surface area contributed by atoms with Gasteiger partial charge in [0.05, 0.1) is 145 Å². The minimum atomic E-state index is -0.686. The summed E-state index contributed by atoms with van der Waals surface area (Å²) in [6.07, 6.45) is 4.13. The van der Waals surface area contributed by atoms with E-state index in [0.717, 1.165) is 8.47 Å². The highest BCUT2D eigenvalue weighted by Crippen LogP contribution is 2.60. The number of methoxy groups -OCH3 is 2. The fourth-order valence-electron chi connectivity index (χ4n) is 7.83. The van der Waals surface area contributed by atoms with E-state index in [0.29, 0.717) is 51.0 Å². The first-order valence-corrected chi connectivity index (χ1v) is 38.1. The van der Waals surface area contributed by atoms with Gasteiger partial charge in [-0.25, -0.2) is 0 Å². The van der Waals surface area contributed by atoms with Crippen LogP contribution in [-0.2, 0) is 38.0 Å². The third kappa shape index (κ3) is 20.4. The van der Waals surface area contributed by atoms with Gasteiger partial charge in [0.2, 0.25) is 11.8 Å². The molecule has 4 amide bonds. The van der Waals surface area contributed by atoms with Crippen molar-refractivity contribution in [3.63, 3.8) is 0 Å².